The highest BCUT2D eigenvalue weighted by Gasteiger charge is 2.44. The van der Waals surface area contributed by atoms with Crippen molar-refractivity contribution in [2.45, 2.75) is 57.2 Å². The minimum atomic E-state index is -0.960. The van der Waals surface area contributed by atoms with Crippen LogP contribution < -0.4 is 4.74 Å². The van der Waals surface area contributed by atoms with Crippen molar-refractivity contribution in [2.24, 2.45) is 0 Å². The molecule has 1 aromatic heterocycles. The second-order valence-corrected chi connectivity index (χ2v) is 8.10. The van der Waals surface area contributed by atoms with Crippen LogP contribution in [-0.4, -0.2) is 54.1 Å². The molecule has 1 fully saturated rings. The van der Waals surface area contributed by atoms with Crippen LogP contribution >= 0.6 is 11.6 Å². The fourth-order valence-electron chi connectivity index (χ4n) is 3.54. The number of aromatic nitrogens is 1. The van der Waals surface area contributed by atoms with E-state index in [0.29, 0.717) is 5.75 Å². The summed E-state index contributed by atoms with van der Waals surface area (Å²) in [6, 6.07) is 12.6. The van der Waals surface area contributed by atoms with E-state index in [1.807, 2.05) is 30.3 Å². The van der Waals surface area contributed by atoms with Crippen LogP contribution in [0.5, 0.6) is 5.75 Å². The zero-order valence-corrected chi connectivity index (χ0v) is 19.8. The van der Waals surface area contributed by atoms with E-state index in [4.69, 9.17) is 35.3 Å². The lowest BCUT2D eigenvalue weighted by Gasteiger charge is -2.39. The highest BCUT2D eigenvalue weighted by Crippen LogP contribution is 2.31. The molecule has 1 aliphatic heterocycles. The molecule has 0 aliphatic carbocycles. The molecule has 1 saturated heterocycles. The van der Waals surface area contributed by atoms with Crippen LogP contribution in [0.25, 0.3) is 0 Å². The van der Waals surface area contributed by atoms with E-state index in [-0.39, 0.29) is 13.0 Å². The van der Waals surface area contributed by atoms with Gasteiger partial charge in [-0.15, -0.1) is 11.6 Å². The lowest BCUT2D eigenvalue weighted by molar-refractivity contribution is -0.245. The molecule has 0 spiro atoms. The molecule has 3 rings (SSSR count). The number of carbonyl (C=O) groups is 3. The number of hydrogen-bond acceptors (Lipinski definition) is 9. The van der Waals surface area contributed by atoms with Gasteiger partial charge >= 0.3 is 17.9 Å². The van der Waals surface area contributed by atoms with E-state index in [0.717, 1.165) is 11.3 Å². The van der Waals surface area contributed by atoms with Crippen LogP contribution in [0.3, 0.4) is 0 Å². The summed E-state index contributed by atoms with van der Waals surface area (Å²) in [5, 5.41) is -0.424. The van der Waals surface area contributed by atoms with Crippen LogP contribution in [0, 0.1) is 0 Å². The Kier molecular flexibility index (Phi) is 8.84. The number of ether oxygens (including phenoxy) is 5. The number of benzene rings is 1. The molecular weight excluding hydrogens is 466 g/mol. The zero-order valence-electron chi connectivity index (χ0n) is 19.0. The first kappa shape index (κ1) is 25.5. The summed E-state index contributed by atoms with van der Waals surface area (Å²) in [7, 11) is 0. The maximum absolute atomic E-state index is 11.7. The van der Waals surface area contributed by atoms with Crippen molar-refractivity contribution in [3.8, 4) is 5.75 Å². The van der Waals surface area contributed by atoms with Gasteiger partial charge in [0.1, 0.15) is 29.9 Å². The monoisotopic (exact) mass is 491 g/mol. The number of rotatable bonds is 8. The summed E-state index contributed by atoms with van der Waals surface area (Å²) >= 11 is 6.52. The summed E-state index contributed by atoms with van der Waals surface area (Å²) in [4.78, 5) is 38.9. The molecule has 0 bridgehead atoms. The molecule has 0 amide bonds. The van der Waals surface area contributed by atoms with Gasteiger partial charge in [-0.1, -0.05) is 18.2 Å². The third-order valence-corrected chi connectivity index (χ3v) is 5.42. The fraction of sp³-hybridized carbons (Fsp3) is 0.417. The predicted octanol–water partition coefficient (Wildman–Crippen LogP) is 3.33. The lowest BCUT2D eigenvalue weighted by atomic mass is 10.0. The maximum atomic E-state index is 11.7. The molecular formula is C24H26ClNO8. The van der Waals surface area contributed by atoms with Crippen molar-refractivity contribution in [1.29, 1.82) is 0 Å². The Balaban J connectivity index is 1.74. The molecule has 34 heavy (non-hydrogen) atoms. The first-order valence-corrected chi connectivity index (χ1v) is 11.1. The molecule has 5 unspecified atom stereocenters. The highest BCUT2D eigenvalue weighted by molar-refractivity contribution is 6.22. The second-order valence-electron chi connectivity index (χ2n) is 7.67. The number of pyridine rings is 1. The van der Waals surface area contributed by atoms with E-state index in [9.17, 15) is 14.4 Å². The molecule has 0 saturated carbocycles. The number of nitrogens with zero attached hydrogens (tertiary/aromatic N) is 1. The quantitative estimate of drug-likeness (QED) is 0.312. The fourth-order valence-corrected chi connectivity index (χ4v) is 3.81. The van der Waals surface area contributed by atoms with Crippen molar-refractivity contribution in [2.75, 3.05) is 6.61 Å². The molecule has 182 valence electrons. The van der Waals surface area contributed by atoms with Gasteiger partial charge in [0, 0.05) is 27.0 Å². The van der Waals surface area contributed by atoms with Crippen LogP contribution in [0.15, 0.2) is 48.7 Å². The standard InChI is InChI=1S/C24H26ClNO8/c1-14(27)30-13-21-24(32-16(3)29)20(31-15(2)28)12-22(34-21)33-18-9-7-17(8-10-18)23(25)19-6-4-5-11-26-19/h4-11,20-24H,12-13H2,1-3H3. The third kappa shape index (κ3) is 7.16. The number of alkyl halides is 1. The summed E-state index contributed by atoms with van der Waals surface area (Å²) in [5.41, 5.74) is 1.56. The average Bonchev–Trinajstić information content (AvgIpc) is 2.79. The van der Waals surface area contributed by atoms with E-state index < -0.39 is 47.9 Å². The SMILES string of the molecule is CC(=O)OCC1OC(Oc2ccc(C(Cl)c3ccccn3)cc2)CC(OC(C)=O)C1OC(C)=O. The van der Waals surface area contributed by atoms with Gasteiger partial charge in [-0.05, 0) is 29.8 Å². The second kappa shape index (κ2) is 11.8. The van der Waals surface area contributed by atoms with E-state index in [1.54, 1.807) is 18.3 Å². The van der Waals surface area contributed by atoms with Gasteiger partial charge in [0.2, 0.25) is 6.29 Å². The molecule has 2 aromatic rings. The Morgan fingerprint density at radius 1 is 1.03 bits per heavy atom. The van der Waals surface area contributed by atoms with E-state index in [2.05, 4.69) is 4.98 Å². The smallest absolute Gasteiger partial charge is 0.303 e. The molecule has 2 heterocycles. The van der Waals surface area contributed by atoms with Crippen LogP contribution in [0.1, 0.15) is 43.8 Å². The molecule has 10 heteroatoms. The Labute approximate surface area is 202 Å². The van der Waals surface area contributed by atoms with Crippen LogP contribution in [-0.2, 0) is 33.3 Å². The molecule has 9 nitrogen and oxygen atoms in total. The zero-order chi connectivity index (χ0) is 24.7. The predicted molar refractivity (Wildman–Crippen MR) is 120 cm³/mol. The van der Waals surface area contributed by atoms with Gasteiger partial charge in [0.25, 0.3) is 0 Å². The average molecular weight is 492 g/mol. The number of halogens is 1. The van der Waals surface area contributed by atoms with Crippen LogP contribution in [0.2, 0.25) is 0 Å². The number of hydrogen-bond donors (Lipinski definition) is 0. The first-order chi connectivity index (χ1) is 16.2. The summed E-state index contributed by atoms with van der Waals surface area (Å²) in [6.07, 6.45) is -1.79. The largest absolute Gasteiger partial charge is 0.465 e. The summed E-state index contributed by atoms with van der Waals surface area (Å²) in [6.45, 7) is 3.52. The Hall–Kier alpha value is -3.17. The van der Waals surface area contributed by atoms with Gasteiger partial charge < -0.3 is 23.7 Å². The summed E-state index contributed by atoms with van der Waals surface area (Å²) < 4.78 is 27.6. The Morgan fingerprint density at radius 3 is 2.32 bits per heavy atom. The summed E-state index contributed by atoms with van der Waals surface area (Å²) in [5.74, 6) is -1.19. The first-order valence-electron chi connectivity index (χ1n) is 10.7. The van der Waals surface area contributed by atoms with Crippen molar-refractivity contribution < 1.29 is 38.1 Å². The van der Waals surface area contributed by atoms with Gasteiger partial charge in [0.15, 0.2) is 6.10 Å². The minimum Gasteiger partial charge on any atom is -0.465 e. The highest BCUT2D eigenvalue weighted by atomic mass is 35.5. The van der Waals surface area contributed by atoms with Crippen molar-refractivity contribution in [3.63, 3.8) is 0 Å². The lowest BCUT2D eigenvalue weighted by Crippen LogP contribution is -2.54. The van der Waals surface area contributed by atoms with Crippen molar-refractivity contribution >= 4 is 29.5 Å². The number of carbonyl (C=O) groups excluding carboxylic acids is 3. The Bertz CT molecular complexity index is 984. The van der Waals surface area contributed by atoms with Crippen LogP contribution in [0.4, 0.5) is 0 Å². The van der Waals surface area contributed by atoms with Gasteiger partial charge in [-0.25, -0.2) is 0 Å². The Morgan fingerprint density at radius 2 is 1.74 bits per heavy atom. The topological polar surface area (TPSA) is 110 Å². The molecule has 0 N–H and O–H groups in total. The van der Waals surface area contributed by atoms with E-state index in [1.165, 1.54) is 20.8 Å². The van der Waals surface area contributed by atoms with Crippen molar-refractivity contribution in [3.05, 3.63) is 59.9 Å². The van der Waals surface area contributed by atoms with E-state index >= 15 is 0 Å². The minimum absolute atomic E-state index is 0.0991. The van der Waals surface area contributed by atoms with Crippen molar-refractivity contribution in [1.82, 2.24) is 4.98 Å². The maximum Gasteiger partial charge on any atom is 0.303 e. The molecule has 0 radical (unpaired) electrons. The molecule has 1 aliphatic rings. The van der Waals surface area contributed by atoms with Gasteiger partial charge in [0.05, 0.1) is 12.1 Å². The molecule has 1 aromatic carbocycles. The third-order valence-electron chi connectivity index (χ3n) is 4.94. The van der Waals surface area contributed by atoms with Gasteiger partial charge in [-0.3, -0.25) is 19.4 Å². The molecule has 5 atom stereocenters. The van der Waals surface area contributed by atoms with Gasteiger partial charge in [-0.2, -0.15) is 0 Å². The normalized spacial score (nSPS) is 22.8. The number of esters is 3.